The average Bonchev–Trinajstić information content (AvgIpc) is 3.12. The molecule has 9 heteroatoms. The fraction of sp³-hybridized carbons (Fsp3) is 0.143. The molecule has 0 aliphatic carbocycles. The van der Waals surface area contributed by atoms with Crippen molar-refractivity contribution in [3.63, 3.8) is 0 Å². The van der Waals surface area contributed by atoms with Gasteiger partial charge >= 0.3 is 0 Å². The van der Waals surface area contributed by atoms with Crippen molar-refractivity contribution in [1.82, 2.24) is 0 Å². The molecule has 0 spiro atoms. The zero-order chi connectivity index (χ0) is 26.5. The number of carbonyl (C=O) groups excluding carboxylic acids is 1. The van der Waals surface area contributed by atoms with Crippen LogP contribution in [0.3, 0.4) is 0 Å². The molecule has 0 bridgehead atoms. The molecule has 190 valence electrons. The Kier molecular flexibility index (Phi) is 9.22. The Bertz CT molecular complexity index is 1390. The monoisotopic (exact) mass is 589 g/mol. The van der Waals surface area contributed by atoms with E-state index in [0.717, 1.165) is 16.7 Å². The Morgan fingerprint density at radius 3 is 2.43 bits per heavy atom. The number of amides is 1. The number of nitrogens with zero attached hydrogens (tertiary/aromatic N) is 1. The minimum atomic E-state index is -0.259. The first-order valence-corrected chi connectivity index (χ1v) is 13.7. The Morgan fingerprint density at radius 2 is 1.76 bits per heavy atom. The van der Waals surface area contributed by atoms with Crippen LogP contribution in [-0.4, -0.2) is 16.8 Å². The SMILES string of the molecule is C=CCc1cc(/C=C2/SC(=S)N(c3ccc(Cl)cc3Cl)C2=O)cc(OCC)c1OCc1ccc(Cl)cc1. The molecule has 0 N–H and O–H groups in total. The topological polar surface area (TPSA) is 38.8 Å². The lowest BCUT2D eigenvalue weighted by molar-refractivity contribution is -0.113. The number of halogens is 3. The van der Waals surface area contributed by atoms with Crippen molar-refractivity contribution in [2.24, 2.45) is 0 Å². The fourth-order valence-corrected chi connectivity index (χ4v) is 5.63. The molecule has 0 aromatic heterocycles. The average molecular weight is 591 g/mol. The fourth-order valence-electron chi connectivity index (χ4n) is 3.73. The van der Waals surface area contributed by atoms with Gasteiger partial charge in [-0.3, -0.25) is 9.69 Å². The summed E-state index contributed by atoms with van der Waals surface area (Å²) in [4.78, 5) is 15.2. The third-order valence-corrected chi connectivity index (χ3v) is 7.45. The summed E-state index contributed by atoms with van der Waals surface area (Å²) in [5.74, 6) is 0.957. The summed E-state index contributed by atoms with van der Waals surface area (Å²) < 4.78 is 12.5. The number of rotatable bonds is 9. The summed E-state index contributed by atoms with van der Waals surface area (Å²) in [5.41, 5.74) is 3.13. The van der Waals surface area contributed by atoms with E-state index in [0.29, 0.717) is 61.1 Å². The summed E-state index contributed by atoms with van der Waals surface area (Å²) >= 11 is 25.1. The summed E-state index contributed by atoms with van der Waals surface area (Å²) in [6, 6.07) is 16.2. The van der Waals surface area contributed by atoms with Gasteiger partial charge in [0.2, 0.25) is 0 Å². The van der Waals surface area contributed by atoms with Crippen molar-refractivity contribution in [3.05, 3.63) is 104 Å². The van der Waals surface area contributed by atoms with Crippen LogP contribution < -0.4 is 14.4 Å². The van der Waals surface area contributed by atoms with Gasteiger partial charge in [0.05, 0.1) is 22.2 Å². The van der Waals surface area contributed by atoms with Gasteiger partial charge in [-0.25, -0.2) is 0 Å². The quantitative estimate of drug-likeness (QED) is 0.141. The van der Waals surface area contributed by atoms with Crippen LogP contribution in [0.2, 0.25) is 15.1 Å². The Labute approximate surface area is 240 Å². The predicted molar refractivity (Wildman–Crippen MR) is 159 cm³/mol. The van der Waals surface area contributed by atoms with Crippen molar-refractivity contribution in [1.29, 1.82) is 0 Å². The maximum atomic E-state index is 13.3. The first kappa shape index (κ1) is 27.6. The molecule has 0 atom stereocenters. The van der Waals surface area contributed by atoms with E-state index in [1.807, 2.05) is 43.3 Å². The van der Waals surface area contributed by atoms with Crippen molar-refractivity contribution >= 4 is 80.8 Å². The summed E-state index contributed by atoms with van der Waals surface area (Å²) in [5, 5.41) is 1.49. The Morgan fingerprint density at radius 1 is 1.03 bits per heavy atom. The highest BCUT2D eigenvalue weighted by atomic mass is 35.5. The van der Waals surface area contributed by atoms with Crippen LogP contribution in [0.1, 0.15) is 23.6 Å². The zero-order valence-corrected chi connectivity index (χ0v) is 23.7. The van der Waals surface area contributed by atoms with Gasteiger partial charge in [0, 0.05) is 15.6 Å². The minimum Gasteiger partial charge on any atom is -0.490 e. The first-order valence-electron chi connectivity index (χ1n) is 11.3. The normalized spacial score (nSPS) is 14.4. The van der Waals surface area contributed by atoms with Crippen LogP contribution in [0.25, 0.3) is 6.08 Å². The Hall–Kier alpha value is -2.48. The van der Waals surface area contributed by atoms with Gasteiger partial charge in [-0.05, 0) is 73.0 Å². The second-order valence-corrected chi connectivity index (χ2v) is 10.9. The van der Waals surface area contributed by atoms with E-state index in [2.05, 4.69) is 6.58 Å². The molecule has 1 amide bonds. The number of benzene rings is 3. The molecule has 1 aliphatic rings. The molecule has 37 heavy (non-hydrogen) atoms. The van der Waals surface area contributed by atoms with Gasteiger partial charge < -0.3 is 9.47 Å². The second kappa shape index (κ2) is 12.4. The lowest BCUT2D eigenvalue weighted by Gasteiger charge is -2.17. The number of ether oxygens (including phenoxy) is 2. The van der Waals surface area contributed by atoms with Gasteiger partial charge in [-0.15, -0.1) is 6.58 Å². The maximum absolute atomic E-state index is 13.3. The van der Waals surface area contributed by atoms with Gasteiger partial charge in [-0.1, -0.05) is 77.0 Å². The largest absolute Gasteiger partial charge is 0.490 e. The van der Waals surface area contributed by atoms with Crippen LogP contribution >= 0.6 is 58.8 Å². The number of anilines is 1. The number of thiocarbonyl (C=S) groups is 1. The van der Waals surface area contributed by atoms with Crippen LogP contribution in [0.5, 0.6) is 11.5 Å². The molecule has 1 heterocycles. The van der Waals surface area contributed by atoms with Crippen LogP contribution in [0.15, 0.2) is 72.2 Å². The molecule has 3 aromatic carbocycles. The van der Waals surface area contributed by atoms with Crippen molar-refractivity contribution in [2.75, 3.05) is 11.5 Å². The zero-order valence-electron chi connectivity index (χ0n) is 19.8. The number of thioether (sulfide) groups is 1. The highest BCUT2D eigenvalue weighted by Crippen LogP contribution is 2.41. The molecule has 1 fully saturated rings. The highest BCUT2D eigenvalue weighted by molar-refractivity contribution is 8.27. The lowest BCUT2D eigenvalue weighted by atomic mass is 10.0. The van der Waals surface area contributed by atoms with E-state index in [1.54, 1.807) is 30.4 Å². The van der Waals surface area contributed by atoms with E-state index in [9.17, 15) is 4.79 Å². The van der Waals surface area contributed by atoms with Crippen LogP contribution in [-0.2, 0) is 17.8 Å². The van der Waals surface area contributed by atoms with E-state index < -0.39 is 0 Å². The molecule has 0 saturated carbocycles. The molecule has 3 aromatic rings. The van der Waals surface area contributed by atoms with Crippen molar-refractivity contribution < 1.29 is 14.3 Å². The standard InChI is InChI=1S/C28H22Cl3NO3S2/c1-3-5-19-12-18(13-24(34-4-2)26(19)35-16-17-6-8-20(29)9-7-17)14-25-27(33)32(28(36)37-25)23-11-10-21(30)15-22(23)31/h3,6-15H,1,4-5,16H2,2H3/b25-14+. The summed E-state index contributed by atoms with van der Waals surface area (Å²) in [6.45, 7) is 6.59. The highest BCUT2D eigenvalue weighted by Gasteiger charge is 2.34. The van der Waals surface area contributed by atoms with E-state index >= 15 is 0 Å². The summed E-state index contributed by atoms with van der Waals surface area (Å²) in [7, 11) is 0. The molecule has 0 unspecified atom stereocenters. The number of hydrogen-bond acceptors (Lipinski definition) is 5. The van der Waals surface area contributed by atoms with E-state index in [4.69, 9.17) is 56.5 Å². The van der Waals surface area contributed by atoms with Gasteiger partial charge in [0.25, 0.3) is 5.91 Å². The summed E-state index contributed by atoms with van der Waals surface area (Å²) in [6.07, 6.45) is 4.15. The lowest BCUT2D eigenvalue weighted by Crippen LogP contribution is -2.27. The molecular weight excluding hydrogens is 569 g/mol. The second-order valence-electron chi connectivity index (χ2n) is 7.96. The molecular formula is C28H22Cl3NO3S2. The molecule has 1 aliphatic heterocycles. The van der Waals surface area contributed by atoms with Crippen LogP contribution in [0, 0.1) is 0 Å². The smallest absolute Gasteiger partial charge is 0.270 e. The van der Waals surface area contributed by atoms with Crippen molar-refractivity contribution in [2.45, 2.75) is 20.0 Å². The van der Waals surface area contributed by atoms with Gasteiger partial charge in [0.1, 0.15) is 6.61 Å². The minimum absolute atomic E-state index is 0.259. The maximum Gasteiger partial charge on any atom is 0.270 e. The van der Waals surface area contributed by atoms with Crippen molar-refractivity contribution in [3.8, 4) is 11.5 Å². The first-order chi connectivity index (χ1) is 17.8. The third-order valence-electron chi connectivity index (χ3n) is 5.36. The van der Waals surface area contributed by atoms with Gasteiger partial charge in [0.15, 0.2) is 15.8 Å². The number of carbonyl (C=O) groups is 1. The van der Waals surface area contributed by atoms with E-state index in [-0.39, 0.29) is 5.91 Å². The molecule has 1 saturated heterocycles. The molecule has 4 nitrogen and oxygen atoms in total. The van der Waals surface area contributed by atoms with E-state index in [1.165, 1.54) is 16.7 Å². The Balaban J connectivity index is 1.67. The number of allylic oxidation sites excluding steroid dienone is 1. The molecule has 0 radical (unpaired) electrons. The third kappa shape index (κ3) is 6.51. The number of hydrogen-bond donors (Lipinski definition) is 0. The predicted octanol–water partition coefficient (Wildman–Crippen LogP) is 8.76. The van der Waals surface area contributed by atoms with Gasteiger partial charge in [-0.2, -0.15) is 0 Å². The van der Waals surface area contributed by atoms with Crippen LogP contribution in [0.4, 0.5) is 5.69 Å². The molecule has 4 rings (SSSR count).